The molecule has 0 aliphatic heterocycles. The fourth-order valence-corrected chi connectivity index (χ4v) is 3.95. The molecule has 1 saturated carbocycles. The molecule has 0 bridgehead atoms. The summed E-state index contributed by atoms with van der Waals surface area (Å²) in [6, 6.07) is 0. The van der Waals surface area contributed by atoms with Gasteiger partial charge < -0.3 is 0 Å². The van der Waals surface area contributed by atoms with Gasteiger partial charge in [0, 0.05) is 28.7 Å². The molecular weight excluding hydrogens is 214 g/mol. The summed E-state index contributed by atoms with van der Waals surface area (Å²) >= 11 is 3.45. The van der Waals surface area contributed by atoms with E-state index >= 15 is 0 Å². The van der Waals surface area contributed by atoms with E-state index in [1.54, 1.807) is 23.1 Å². The number of ketones is 1. The maximum absolute atomic E-state index is 11.3. The molecule has 76 valence electrons. The van der Waals surface area contributed by atoms with Crippen LogP contribution in [0.3, 0.4) is 0 Å². The summed E-state index contributed by atoms with van der Waals surface area (Å²) < 4.78 is 1.11. The molecule has 0 N–H and O–H groups in total. The van der Waals surface area contributed by atoms with Gasteiger partial charge in [-0.25, -0.2) is 4.98 Å². The molecule has 2 unspecified atom stereocenters. The molecule has 2 nitrogen and oxygen atoms in total. The Kier molecular flexibility index (Phi) is 2.93. The van der Waals surface area contributed by atoms with E-state index in [-0.39, 0.29) is 5.92 Å². The van der Waals surface area contributed by atoms with Gasteiger partial charge >= 0.3 is 0 Å². The Balaban J connectivity index is 2.02. The number of hydrogen-bond acceptors (Lipinski definition) is 4. The normalized spacial score (nSPS) is 27.1. The Labute approximate surface area is 92.1 Å². The maximum Gasteiger partial charge on any atom is 0.150 e. The van der Waals surface area contributed by atoms with Crippen molar-refractivity contribution in [3.05, 3.63) is 11.1 Å². The molecule has 0 amide bonds. The van der Waals surface area contributed by atoms with Crippen molar-refractivity contribution in [1.29, 1.82) is 0 Å². The topological polar surface area (TPSA) is 30.0 Å². The van der Waals surface area contributed by atoms with Crippen LogP contribution in [0.2, 0.25) is 0 Å². The molecule has 4 heteroatoms. The van der Waals surface area contributed by atoms with Crippen molar-refractivity contribution in [1.82, 2.24) is 4.98 Å². The minimum atomic E-state index is 0.212. The van der Waals surface area contributed by atoms with Crippen LogP contribution in [0.15, 0.2) is 9.72 Å². The quantitative estimate of drug-likeness (QED) is 0.778. The standard InChI is InChI=1S/C10H13NOS2/c1-6-5-13-10(11-6)14-9-4-3-8(12)7(9)2/h5,7,9H,3-4H2,1-2H3. The van der Waals surface area contributed by atoms with Gasteiger partial charge in [-0.2, -0.15) is 0 Å². The first-order chi connectivity index (χ1) is 6.66. The zero-order valence-corrected chi connectivity index (χ0v) is 9.95. The second-order valence-corrected chi connectivity index (χ2v) is 6.05. The number of Topliss-reactive ketones (excluding diaryl/α,β-unsaturated/α-hetero) is 1. The van der Waals surface area contributed by atoms with E-state index in [1.807, 2.05) is 13.8 Å². The molecule has 1 aliphatic carbocycles. The van der Waals surface area contributed by atoms with Gasteiger partial charge in [0.15, 0.2) is 0 Å². The Hall–Kier alpha value is -0.350. The van der Waals surface area contributed by atoms with Crippen LogP contribution in [0.1, 0.15) is 25.5 Å². The lowest BCUT2D eigenvalue weighted by molar-refractivity contribution is -0.120. The van der Waals surface area contributed by atoms with Gasteiger partial charge in [0.05, 0.1) is 0 Å². The lowest BCUT2D eigenvalue weighted by atomic mass is 10.1. The third-order valence-electron chi connectivity index (χ3n) is 2.59. The Morgan fingerprint density at radius 1 is 1.64 bits per heavy atom. The van der Waals surface area contributed by atoms with Crippen LogP contribution >= 0.6 is 23.1 Å². The second kappa shape index (κ2) is 4.03. The molecule has 2 atom stereocenters. The van der Waals surface area contributed by atoms with Gasteiger partial charge in [0.2, 0.25) is 0 Å². The zero-order valence-electron chi connectivity index (χ0n) is 8.32. The van der Waals surface area contributed by atoms with Crippen molar-refractivity contribution in [3.63, 3.8) is 0 Å². The molecule has 14 heavy (non-hydrogen) atoms. The molecule has 1 aromatic heterocycles. The lowest BCUT2D eigenvalue weighted by Crippen LogP contribution is -2.11. The van der Waals surface area contributed by atoms with Crippen LogP contribution in [-0.2, 0) is 4.79 Å². The molecule has 0 spiro atoms. The summed E-state index contributed by atoms with van der Waals surface area (Å²) in [5.41, 5.74) is 1.08. The summed E-state index contributed by atoms with van der Waals surface area (Å²) in [4.78, 5) is 15.8. The number of aromatic nitrogens is 1. The number of hydrogen-bond donors (Lipinski definition) is 0. The maximum atomic E-state index is 11.3. The van der Waals surface area contributed by atoms with Crippen LogP contribution in [0.5, 0.6) is 0 Å². The number of thioether (sulfide) groups is 1. The minimum absolute atomic E-state index is 0.212. The SMILES string of the molecule is Cc1csc(SC2CCC(=O)C2C)n1. The monoisotopic (exact) mass is 227 g/mol. The molecular formula is C10H13NOS2. The zero-order chi connectivity index (χ0) is 10.1. The fourth-order valence-electron chi connectivity index (χ4n) is 1.65. The van der Waals surface area contributed by atoms with Gasteiger partial charge in [-0.05, 0) is 13.3 Å². The summed E-state index contributed by atoms with van der Waals surface area (Å²) in [6.07, 6.45) is 1.77. The first-order valence-corrected chi connectivity index (χ1v) is 6.54. The molecule has 1 fully saturated rings. The summed E-state index contributed by atoms with van der Waals surface area (Å²) in [5, 5.41) is 2.51. The average Bonchev–Trinajstić information content (AvgIpc) is 2.67. The molecule has 1 aromatic rings. The van der Waals surface area contributed by atoms with Crippen LogP contribution in [0, 0.1) is 12.8 Å². The van der Waals surface area contributed by atoms with Gasteiger partial charge in [-0.15, -0.1) is 11.3 Å². The Morgan fingerprint density at radius 2 is 2.43 bits per heavy atom. The first-order valence-electron chi connectivity index (χ1n) is 4.78. The predicted molar refractivity (Wildman–Crippen MR) is 59.9 cm³/mol. The van der Waals surface area contributed by atoms with Crippen molar-refractivity contribution in [2.45, 2.75) is 36.3 Å². The highest BCUT2D eigenvalue weighted by Gasteiger charge is 2.32. The van der Waals surface area contributed by atoms with Crippen molar-refractivity contribution in [2.24, 2.45) is 5.92 Å². The molecule has 0 saturated heterocycles. The van der Waals surface area contributed by atoms with E-state index in [9.17, 15) is 4.79 Å². The summed E-state index contributed by atoms with van der Waals surface area (Å²) in [6.45, 7) is 4.04. The molecule has 1 aliphatic rings. The summed E-state index contributed by atoms with van der Waals surface area (Å²) in [7, 11) is 0. The Morgan fingerprint density at radius 3 is 2.93 bits per heavy atom. The van der Waals surface area contributed by atoms with Crippen molar-refractivity contribution < 1.29 is 4.79 Å². The number of carbonyl (C=O) groups excluding carboxylic acids is 1. The highest BCUT2D eigenvalue weighted by atomic mass is 32.2. The number of rotatable bonds is 2. The van der Waals surface area contributed by atoms with E-state index in [1.165, 1.54) is 0 Å². The van der Waals surface area contributed by atoms with Crippen LogP contribution in [-0.4, -0.2) is 16.0 Å². The summed E-state index contributed by atoms with van der Waals surface area (Å²) in [5.74, 6) is 0.625. The minimum Gasteiger partial charge on any atom is -0.299 e. The second-order valence-electron chi connectivity index (χ2n) is 3.70. The van der Waals surface area contributed by atoms with Crippen molar-refractivity contribution in [3.8, 4) is 0 Å². The van der Waals surface area contributed by atoms with E-state index in [0.717, 1.165) is 22.9 Å². The first kappa shape index (κ1) is 10.2. The van der Waals surface area contributed by atoms with Gasteiger partial charge in [-0.1, -0.05) is 18.7 Å². The van der Waals surface area contributed by atoms with Crippen molar-refractivity contribution in [2.75, 3.05) is 0 Å². The molecule has 0 radical (unpaired) electrons. The van der Waals surface area contributed by atoms with Gasteiger partial charge in [0.1, 0.15) is 10.1 Å². The number of thiazole rings is 1. The predicted octanol–water partition coefficient (Wildman–Crippen LogP) is 2.91. The molecule has 2 rings (SSSR count). The largest absolute Gasteiger partial charge is 0.299 e. The third kappa shape index (κ3) is 2.01. The van der Waals surface area contributed by atoms with E-state index in [2.05, 4.69) is 10.4 Å². The van der Waals surface area contributed by atoms with E-state index in [0.29, 0.717) is 11.0 Å². The fraction of sp³-hybridized carbons (Fsp3) is 0.600. The highest BCUT2D eigenvalue weighted by Crippen LogP contribution is 2.37. The average molecular weight is 227 g/mol. The molecule has 0 aromatic carbocycles. The number of nitrogens with zero attached hydrogens (tertiary/aromatic N) is 1. The Bertz CT molecular complexity index is 348. The van der Waals surface area contributed by atoms with Crippen LogP contribution in [0.25, 0.3) is 0 Å². The number of carbonyl (C=O) groups is 1. The van der Waals surface area contributed by atoms with Gasteiger partial charge in [-0.3, -0.25) is 4.79 Å². The van der Waals surface area contributed by atoms with Crippen LogP contribution in [0.4, 0.5) is 0 Å². The smallest absolute Gasteiger partial charge is 0.150 e. The van der Waals surface area contributed by atoms with E-state index in [4.69, 9.17) is 0 Å². The highest BCUT2D eigenvalue weighted by molar-refractivity contribution is 8.01. The van der Waals surface area contributed by atoms with Crippen molar-refractivity contribution >= 4 is 28.9 Å². The third-order valence-corrected chi connectivity index (χ3v) is 5.16. The lowest BCUT2D eigenvalue weighted by Gasteiger charge is -2.10. The van der Waals surface area contributed by atoms with E-state index < -0.39 is 0 Å². The molecule has 1 heterocycles. The number of aryl methyl sites for hydroxylation is 1. The van der Waals surface area contributed by atoms with Crippen LogP contribution < -0.4 is 0 Å². The van der Waals surface area contributed by atoms with Gasteiger partial charge in [0.25, 0.3) is 0 Å².